The van der Waals surface area contributed by atoms with Crippen molar-refractivity contribution in [2.75, 3.05) is 31.9 Å². The molecule has 1 aromatic carbocycles. The van der Waals surface area contributed by atoms with Crippen molar-refractivity contribution >= 4 is 17.7 Å². The number of piperazine rings is 1. The first-order valence-corrected chi connectivity index (χ1v) is 10.5. The fourth-order valence-corrected chi connectivity index (χ4v) is 3.96. The number of nitrogens with zero attached hydrogens (tertiary/aromatic N) is 3. The van der Waals surface area contributed by atoms with E-state index in [4.69, 9.17) is 0 Å². The first-order chi connectivity index (χ1) is 12.9. The van der Waals surface area contributed by atoms with Gasteiger partial charge in [-0.05, 0) is 35.2 Å². The van der Waals surface area contributed by atoms with Gasteiger partial charge in [-0.2, -0.15) is 0 Å². The van der Waals surface area contributed by atoms with Gasteiger partial charge in [0.15, 0.2) is 0 Å². The molecule has 1 saturated heterocycles. The van der Waals surface area contributed by atoms with Gasteiger partial charge in [0.05, 0.1) is 11.4 Å². The molecular weight excluding hydrogens is 354 g/mol. The van der Waals surface area contributed by atoms with Crippen LogP contribution in [0.15, 0.2) is 53.6 Å². The highest BCUT2D eigenvalue weighted by Crippen LogP contribution is 2.25. The van der Waals surface area contributed by atoms with Gasteiger partial charge >= 0.3 is 0 Å². The zero-order chi connectivity index (χ0) is 19.3. The Hall–Kier alpha value is -1.85. The van der Waals surface area contributed by atoms with Crippen LogP contribution in [0.3, 0.4) is 0 Å². The van der Waals surface area contributed by atoms with Crippen molar-refractivity contribution in [1.82, 2.24) is 14.8 Å². The molecular formula is C22H29N3OS. The topological polar surface area (TPSA) is 36.4 Å². The van der Waals surface area contributed by atoms with Crippen LogP contribution in [-0.2, 0) is 16.8 Å². The van der Waals surface area contributed by atoms with Gasteiger partial charge in [-0.15, -0.1) is 11.8 Å². The van der Waals surface area contributed by atoms with Crippen molar-refractivity contribution in [1.29, 1.82) is 0 Å². The SMILES string of the molecule is CC(C)(C)c1ccc(SCC(=O)N2CCN(Cc3ccccn3)CC2)cc1. The molecule has 0 unspecified atom stereocenters. The zero-order valence-electron chi connectivity index (χ0n) is 16.5. The van der Waals surface area contributed by atoms with E-state index >= 15 is 0 Å². The number of benzene rings is 1. The normalized spacial score (nSPS) is 15.7. The van der Waals surface area contributed by atoms with E-state index in [1.54, 1.807) is 11.8 Å². The third-order valence-electron chi connectivity index (χ3n) is 4.92. The highest BCUT2D eigenvalue weighted by molar-refractivity contribution is 8.00. The molecule has 1 aromatic heterocycles. The smallest absolute Gasteiger partial charge is 0.233 e. The van der Waals surface area contributed by atoms with E-state index < -0.39 is 0 Å². The number of carbonyl (C=O) groups excluding carboxylic acids is 1. The molecule has 27 heavy (non-hydrogen) atoms. The molecule has 0 bridgehead atoms. The Bertz CT molecular complexity index is 732. The molecule has 0 spiro atoms. The second-order valence-corrected chi connectivity index (χ2v) is 9.09. The van der Waals surface area contributed by atoms with E-state index in [1.807, 2.05) is 23.2 Å². The summed E-state index contributed by atoms with van der Waals surface area (Å²) in [6.07, 6.45) is 1.83. The molecule has 144 valence electrons. The second-order valence-electron chi connectivity index (χ2n) is 8.04. The molecule has 0 radical (unpaired) electrons. The predicted octanol–water partition coefficient (Wildman–Crippen LogP) is 3.82. The summed E-state index contributed by atoms with van der Waals surface area (Å²) in [4.78, 5) is 22.4. The molecule has 3 rings (SSSR count). The standard InChI is InChI=1S/C22H29N3OS/c1-22(2,3)18-7-9-20(10-8-18)27-17-21(26)25-14-12-24(13-15-25)16-19-6-4-5-11-23-19/h4-11H,12-17H2,1-3H3. The summed E-state index contributed by atoms with van der Waals surface area (Å²) in [5, 5.41) is 0. The van der Waals surface area contributed by atoms with Crippen LogP contribution in [0.25, 0.3) is 0 Å². The molecule has 2 heterocycles. The Balaban J connectivity index is 1.43. The van der Waals surface area contributed by atoms with Gasteiger partial charge in [0.1, 0.15) is 0 Å². The summed E-state index contributed by atoms with van der Waals surface area (Å²) in [6.45, 7) is 10.9. The molecule has 1 fully saturated rings. The average Bonchev–Trinajstić information content (AvgIpc) is 2.67. The van der Waals surface area contributed by atoms with Crippen LogP contribution < -0.4 is 0 Å². The van der Waals surface area contributed by atoms with Crippen LogP contribution in [0.5, 0.6) is 0 Å². The van der Waals surface area contributed by atoms with Gasteiger partial charge < -0.3 is 4.90 Å². The average molecular weight is 384 g/mol. The van der Waals surface area contributed by atoms with Gasteiger partial charge in [-0.1, -0.05) is 39.0 Å². The van der Waals surface area contributed by atoms with E-state index in [2.05, 4.69) is 61.0 Å². The maximum Gasteiger partial charge on any atom is 0.233 e. The first-order valence-electron chi connectivity index (χ1n) is 9.55. The lowest BCUT2D eigenvalue weighted by molar-refractivity contribution is -0.130. The lowest BCUT2D eigenvalue weighted by Crippen LogP contribution is -2.48. The summed E-state index contributed by atoms with van der Waals surface area (Å²) in [5.74, 6) is 0.743. The predicted molar refractivity (Wildman–Crippen MR) is 112 cm³/mol. The fourth-order valence-electron chi connectivity index (χ4n) is 3.16. The zero-order valence-corrected chi connectivity index (χ0v) is 17.3. The molecule has 1 amide bonds. The number of thioether (sulfide) groups is 1. The quantitative estimate of drug-likeness (QED) is 0.736. The third kappa shape index (κ3) is 5.81. The Morgan fingerprint density at radius 2 is 1.74 bits per heavy atom. The molecule has 1 aliphatic heterocycles. The Kier molecular flexibility index (Phi) is 6.55. The number of aromatic nitrogens is 1. The van der Waals surface area contributed by atoms with Gasteiger partial charge in [0.2, 0.25) is 5.91 Å². The van der Waals surface area contributed by atoms with Gasteiger partial charge in [0.25, 0.3) is 0 Å². The molecule has 0 aliphatic carbocycles. The maximum atomic E-state index is 12.5. The highest BCUT2D eigenvalue weighted by atomic mass is 32.2. The van der Waals surface area contributed by atoms with Crippen molar-refractivity contribution in [3.8, 4) is 0 Å². The van der Waals surface area contributed by atoms with E-state index in [9.17, 15) is 4.79 Å². The molecule has 0 atom stereocenters. The summed E-state index contributed by atoms with van der Waals surface area (Å²) in [7, 11) is 0. The minimum Gasteiger partial charge on any atom is -0.339 e. The number of amides is 1. The van der Waals surface area contributed by atoms with Crippen LogP contribution >= 0.6 is 11.8 Å². The summed E-state index contributed by atoms with van der Waals surface area (Å²) < 4.78 is 0. The summed E-state index contributed by atoms with van der Waals surface area (Å²) in [6, 6.07) is 14.6. The maximum absolute atomic E-state index is 12.5. The third-order valence-corrected chi connectivity index (χ3v) is 5.92. The van der Waals surface area contributed by atoms with Crippen molar-refractivity contribution < 1.29 is 4.79 Å². The number of hydrogen-bond acceptors (Lipinski definition) is 4. The van der Waals surface area contributed by atoms with Crippen molar-refractivity contribution in [2.45, 2.75) is 37.6 Å². The highest BCUT2D eigenvalue weighted by Gasteiger charge is 2.21. The van der Waals surface area contributed by atoms with Crippen molar-refractivity contribution in [3.05, 3.63) is 59.9 Å². The van der Waals surface area contributed by atoms with Crippen LogP contribution in [-0.4, -0.2) is 52.6 Å². The fraction of sp³-hybridized carbons (Fsp3) is 0.455. The molecule has 0 N–H and O–H groups in total. The monoisotopic (exact) mass is 383 g/mol. The summed E-state index contributed by atoms with van der Waals surface area (Å²) in [5.41, 5.74) is 2.57. The van der Waals surface area contributed by atoms with Gasteiger partial charge in [-0.3, -0.25) is 14.7 Å². The van der Waals surface area contributed by atoms with E-state index in [0.29, 0.717) is 5.75 Å². The Morgan fingerprint density at radius 3 is 2.33 bits per heavy atom. The van der Waals surface area contributed by atoms with Crippen molar-refractivity contribution in [2.24, 2.45) is 0 Å². The largest absolute Gasteiger partial charge is 0.339 e. The minimum atomic E-state index is 0.161. The van der Waals surface area contributed by atoms with Crippen LogP contribution in [0.4, 0.5) is 0 Å². The number of hydrogen-bond donors (Lipinski definition) is 0. The summed E-state index contributed by atoms with van der Waals surface area (Å²) >= 11 is 1.63. The Labute approximate surface area is 167 Å². The van der Waals surface area contributed by atoms with E-state index in [1.165, 1.54) is 5.56 Å². The van der Waals surface area contributed by atoms with Crippen molar-refractivity contribution in [3.63, 3.8) is 0 Å². The van der Waals surface area contributed by atoms with Gasteiger partial charge in [-0.25, -0.2) is 0 Å². The van der Waals surface area contributed by atoms with Crippen LogP contribution in [0.2, 0.25) is 0 Å². The molecule has 1 aliphatic rings. The van der Waals surface area contributed by atoms with E-state index in [0.717, 1.165) is 43.3 Å². The molecule has 0 saturated carbocycles. The molecule has 5 heteroatoms. The minimum absolute atomic E-state index is 0.161. The first kappa shape index (κ1) is 19.9. The number of rotatable bonds is 5. The van der Waals surface area contributed by atoms with Gasteiger partial charge in [0, 0.05) is 43.8 Å². The van der Waals surface area contributed by atoms with Crippen LogP contribution in [0.1, 0.15) is 32.0 Å². The lowest BCUT2D eigenvalue weighted by atomic mass is 9.87. The Morgan fingerprint density at radius 1 is 1.04 bits per heavy atom. The van der Waals surface area contributed by atoms with E-state index in [-0.39, 0.29) is 11.3 Å². The van der Waals surface area contributed by atoms with Crippen LogP contribution in [0, 0.1) is 0 Å². The second kappa shape index (κ2) is 8.89. The lowest BCUT2D eigenvalue weighted by Gasteiger charge is -2.34. The number of carbonyl (C=O) groups is 1. The molecule has 2 aromatic rings. The molecule has 4 nitrogen and oxygen atoms in total. The number of pyridine rings is 1.